The topological polar surface area (TPSA) is 43.8 Å². The maximum Gasteiger partial charge on any atom is 0.226 e. The van der Waals surface area contributed by atoms with Crippen molar-refractivity contribution in [3.8, 4) is 0 Å². The number of rotatable bonds is 5. The Bertz CT molecular complexity index is 558. The van der Waals surface area contributed by atoms with E-state index in [0.717, 1.165) is 44.6 Å². The molecule has 23 heavy (non-hydrogen) atoms. The van der Waals surface area contributed by atoms with Crippen molar-refractivity contribution in [3.05, 3.63) is 35.6 Å². The van der Waals surface area contributed by atoms with Gasteiger partial charge in [0.1, 0.15) is 5.82 Å². The van der Waals surface area contributed by atoms with E-state index < -0.39 is 0 Å². The number of benzene rings is 1. The first-order chi connectivity index (χ1) is 11.1. The third-order valence-corrected chi connectivity index (χ3v) is 5.01. The molecule has 1 saturated heterocycles. The van der Waals surface area contributed by atoms with Gasteiger partial charge < -0.3 is 10.0 Å². The number of hydrogen-bond donors (Lipinski definition) is 1. The zero-order valence-electron chi connectivity index (χ0n) is 13.6. The third kappa shape index (κ3) is 3.90. The summed E-state index contributed by atoms with van der Waals surface area (Å²) in [5, 5.41) is 9.71. The van der Waals surface area contributed by atoms with E-state index in [-0.39, 0.29) is 29.7 Å². The Morgan fingerprint density at radius 1 is 1.35 bits per heavy atom. The second-order valence-corrected chi connectivity index (χ2v) is 6.69. The number of hydrogen-bond acceptors (Lipinski definition) is 3. The van der Waals surface area contributed by atoms with Crippen LogP contribution < -0.4 is 0 Å². The van der Waals surface area contributed by atoms with E-state index in [1.165, 1.54) is 6.07 Å². The van der Waals surface area contributed by atoms with E-state index >= 15 is 0 Å². The molecule has 0 aromatic heterocycles. The minimum atomic E-state index is -0.280. The zero-order chi connectivity index (χ0) is 16.4. The summed E-state index contributed by atoms with van der Waals surface area (Å²) < 4.78 is 13.3. The van der Waals surface area contributed by atoms with Crippen LogP contribution in [0.2, 0.25) is 0 Å². The van der Waals surface area contributed by atoms with Crippen molar-refractivity contribution < 1.29 is 14.3 Å². The van der Waals surface area contributed by atoms with Crippen LogP contribution in [0.5, 0.6) is 0 Å². The highest BCUT2D eigenvalue weighted by atomic mass is 19.1. The van der Waals surface area contributed by atoms with Crippen LogP contribution in [0.25, 0.3) is 0 Å². The van der Waals surface area contributed by atoms with Gasteiger partial charge in [0.15, 0.2) is 0 Å². The van der Waals surface area contributed by atoms with Crippen LogP contribution in [-0.2, 0) is 4.79 Å². The van der Waals surface area contributed by atoms with Gasteiger partial charge in [-0.25, -0.2) is 4.39 Å². The first-order valence-electron chi connectivity index (χ1n) is 8.53. The Morgan fingerprint density at radius 2 is 2.09 bits per heavy atom. The molecule has 0 spiro atoms. The molecule has 4 nitrogen and oxygen atoms in total. The molecular formula is C18H25FN2O2. The minimum Gasteiger partial charge on any atom is -0.392 e. The van der Waals surface area contributed by atoms with Crippen LogP contribution in [0.3, 0.4) is 0 Å². The summed E-state index contributed by atoms with van der Waals surface area (Å²) in [6, 6.07) is 6.60. The molecule has 2 fully saturated rings. The second-order valence-electron chi connectivity index (χ2n) is 6.69. The van der Waals surface area contributed by atoms with Crippen LogP contribution in [-0.4, -0.2) is 59.6 Å². The number of aliphatic hydroxyl groups is 1. The Labute approximate surface area is 136 Å². The molecule has 0 unspecified atom stereocenters. The number of carbonyl (C=O) groups excluding carboxylic acids is 1. The molecule has 1 aliphatic carbocycles. The lowest BCUT2D eigenvalue weighted by molar-refractivity contribution is -0.134. The van der Waals surface area contributed by atoms with Crippen LogP contribution in [0.4, 0.5) is 4.39 Å². The van der Waals surface area contributed by atoms with Crippen LogP contribution >= 0.6 is 0 Å². The summed E-state index contributed by atoms with van der Waals surface area (Å²) in [6.45, 7) is 5.75. The molecule has 1 heterocycles. The first-order valence-corrected chi connectivity index (χ1v) is 8.53. The minimum absolute atomic E-state index is 0.0181. The highest BCUT2D eigenvalue weighted by molar-refractivity contribution is 5.83. The molecule has 0 bridgehead atoms. The van der Waals surface area contributed by atoms with Gasteiger partial charge in [0, 0.05) is 38.6 Å². The summed E-state index contributed by atoms with van der Waals surface area (Å²) in [7, 11) is 0. The van der Waals surface area contributed by atoms with Gasteiger partial charge in [-0.2, -0.15) is 0 Å². The van der Waals surface area contributed by atoms with Gasteiger partial charge in [-0.3, -0.25) is 9.69 Å². The number of aliphatic hydroxyl groups excluding tert-OH is 1. The summed E-state index contributed by atoms with van der Waals surface area (Å²) in [4.78, 5) is 16.7. The number of nitrogens with zero attached hydrogens (tertiary/aromatic N) is 2. The van der Waals surface area contributed by atoms with E-state index in [4.69, 9.17) is 0 Å². The fraction of sp³-hybridized carbons (Fsp3) is 0.611. The highest BCUT2D eigenvalue weighted by Crippen LogP contribution is 2.48. The molecule has 1 saturated carbocycles. The van der Waals surface area contributed by atoms with Crippen LogP contribution in [0, 0.1) is 11.7 Å². The first kappa shape index (κ1) is 16.4. The van der Waals surface area contributed by atoms with E-state index in [1.807, 2.05) is 17.9 Å². The van der Waals surface area contributed by atoms with Crippen LogP contribution in [0.15, 0.2) is 24.3 Å². The van der Waals surface area contributed by atoms with Gasteiger partial charge in [-0.15, -0.1) is 0 Å². The smallest absolute Gasteiger partial charge is 0.226 e. The maximum atomic E-state index is 13.3. The number of amides is 1. The van der Waals surface area contributed by atoms with Gasteiger partial charge in [0.2, 0.25) is 5.91 Å². The molecule has 2 aliphatic rings. The van der Waals surface area contributed by atoms with Gasteiger partial charge in [-0.1, -0.05) is 19.1 Å². The van der Waals surface area contributed by atoms with E-state index in [1.54, 1.807) is 12.1 Å². The molecule has 1 amide bonds. The molecule has 1 N–H and O–H groups in total. The maximum absolute atomic E-state index is 13.3. The van der Waals surface area contributed by atoms with Gasteiger partial charge in [0.25, 0.3) is 0 Å². The molecule has 3 rings (SSSR count). The third-order valence-electron chi connectivity index (χ3n) is 5.01. The van der Waals surface area contributed by atoms with Crippen molar-refractivity contribution in [2.45, 2.75) is 31.8 Å². The summed E-state index contributed by atoms with van der Waals surface area (Å²) in [6.07, 6.45) is 1.31. The van der Waals surface area contributed by atoms with E-state index in [9.17, 15) is 14.3 Å². The average molecular weight is 320 g/mol. The molecule has 3 atom stereocenters. The molecule has 1 aromatic carbocycles. The summed E-state index contributed by atoms with van der Waals surface area (Å²) >= 11 is 0. The van der Waals surface area contributed by atoms with E-state index in [0.29, 0.717) is 6.54 Å². The fourth-order valence-electron chi connectivity index (χ4n) is 3.39. The Morgan fingerprint density at radius 3 is 2.74 bits per heavy atom. The average Bonchev–Trinajstić information content (AvgIpc) is 3.35. The molecule has 1 aliphatic heterocycles. The number of piperazine rings is 1. The van der Waals surface area contributed by atoms with Crippen molar-refractivity contribution >= 4 is 5.91 Å². The lowest BCUT2D eigenvalue weighted by Gasteiger charge is -2.35. The predicted molar refractivity (Wildman–Crippen MR) is 86.6 cm³/mol. The SMILES string of the molecule is CC[C@H](O)CN1CCN(C(=O)[C@H]2C[C@H]2c2cccc(F)c2)CC1. The lowest BCUT2D eigenvalue weighted by Crippen LogP contribution is -2.50. The Hall–Kier alpha value is -1.46. The summed E-state index contributed by atoms with van der Waals surface area (Å²) in [5.74, 6) is 0.168. The number of β-amino-alcohol motifs (C(OH)–C–C–N with tert-alkyl or cyclic N) is 1. The molecule has 126 valence electrons. The second kappa shape index (κ2) is 6.97. The molecular weight excluding hydrogens is 295 g/mol. The predicted octanol–water partition coefficient (Wildman–Crippen LogP) is 1.84. The van der Waals surface area contributed by atoms with Gasteiger partial charge >= 0.3 is 0 Å². The standard InChI is InChI=1S/C18H25FN2O2/c1-2-15(22)12-20-6-8-21(9-7-20)18(23)17-11-16(17)13-4-3-5-14(19)10-13/h3-5,10,15-17,22H,2,6-9,11-12H2,1H3/t15-,16-,17-/m0/s1. The zero-order valence-corrected chi connectivity index (χ0v) is 13.6. The Balaban J connectivity index is 1.49. The fourth-order valence-corrected chi connectivity index (χ4v) is 3.39. The van der Waals surface area contributed by atoms with Gasteiger partial charge in [0.05, 0.1) is 6.10 Å². The number of carbonyl (C=O) groups is 1. The highest BCUT2D eigenvalue weighted by Gasteiger charge is 2.46. The molecule has 0 radical (unpaired) electrons. The van der Waals surface area contributed by atoms with Crippen LogP contribution in [0.1, 0.15) is 31.2 Å². The monoisotopic (exact) mass is 320 g/mol. The normalized spacial score (nSPS) is 26.1. The number of halogens is 1. The van der Waals surface area contributed by atoms with Gasteiger partial charge in [-0.05, 0) is 36.5 Å². The van der Waals surface area contributed by atoms with Crippen molar-refractivity contribution in [2.24, 2.45) is 5.92 Å². The van der Waals surface area contributed by atoms with E-state index in [2.05, 4.69) is 4.90 Å². The lowest BCUT2D eigenvalue weighted by atomic mass is 10.1. The van der Waals surface area contributed by atoms with Crippen molar-refractivity contribution in [3.63, 3.8) is 0 Å². The van der Waals surface area contributed by atoms with Crippen molar-refractivity contribution in [1.29, 1.82) is 0 Å². The molecule has 1 aromatic rings. The summed E-state index contributed by atoms with van der Waals surface area (Å²) in [5.41, 5.74) is 0.938. The van der Waals surface area contributed by atoms with Crippen molar-refractivity contribution in [1.82, 2.24) is 9.80 Å². The quantitative estimate of drug-likeness (QED) is 0.900. The Kier molecular flexibility index (Phi) is 4.97. The van der Waals surface area contributed by atoms with Crippen molar-refractivity contribution in [2.75, 3.05) is 32.7 Å². The molecule has 5 heteroatoms. The largest absolute Gasteiger partial charge is 0.392 e.